The molecule has 0 saturated heterocycles. The van der Waals surface area contributed by atoms with Gasteiger partial charge in [0.05, 0.1) is 11.7 Å². The van der Waals surface area contributed by atoms with E-state index < -0.39 is 27.5 Å². The molecule has 0 fully saturated rings. The molecular weight excluding hydrogens is 247 g/mol. The van der Waals surface area contributed by atoms with Gasteiger partial charge in [0, 0.05) is 11.8 Å². The Bertz CT molecular complexity index is 510. The lowest BCUT2D eigenvalue weighted by Gasteiger charge is -2.12. The first-order chi connectivity index (χ1) is 7.81. The van der Waals surface area contributed by atoms with Crippen LogP contribution >= 0.6 is 0 Å². The van der Waals surface area contributed by atoms with Crippen molar-refractivity contribution in [3.63, 3.8) is 0 Å². The molecule has 0 saturated carbocycles. The Morgan fingerprint density at radius 1 is 1.41 bits per heavy atom. The first-order valence-corrected chi connectivity index (χ1v) is 7.02. The molecule has 1 aromatic rings. The first-order valence-electron chi connectivity index (χ1n) is 4.96. The van der Waals surface area contributed by atoms with Gasteiger partial charge in [0.15, 0.2) is 0 Å². The van der Waals surface area contributed by atoms with Crippen molar-refractivity contribution in [3.8, 4) is 0 Å². The van der Waals surface area contributed by atoms with Crippen LogP contribution in [0.25, 0.3) is 0 Å². The van der Waals surface area contributed by atoms with E-state index in [1.54, 1.807) is 0 Å². The van der Waals surface area contributed by atoms with Gasteiger partial charge in [-0.1, -0.05) is 18.2 Å². The highest BCUT2D eigenvalue weighted by Gasteiger charge is 2.24. The van der Waals surface area contributed by atoms with E-state index in [9.17, 15) is 17.6 Å². The van der Waals surface area contributed by atoms with Crippen LogP contribution in [0.2, 0.25) is 0 Å². The number of halogens is 1. The van der Waals surface area contributed by atoms with Crippen molar-refractivity contribution in [2.75, 3.05) is 12.0 Å². The standard InChI is InChI=1S/C11H13FO4S/c1-17(15,16)7-6-9(11(13)14)8-4-2-3-5-10(8)12/h2-5,9H,6-7H2,1H3,(H,13,14). The summed E-state index contributed by atoms with van der Waals surface area (Å²) in [5, 5.41) is 8.99. The Morgan fingerprint density at radius 2 is 2.00 bits per heavy atom. The van der Waals surface area contributed by atoms with Crippen LogP contribution in [0, 0.1) is 5.82 Å². The van der Waals surface area contributed by atoms with E-state index in [0.717, 1.165) is 12.3 Å². The molecule has 94 valence electrons. The first kappa shape index (κ1) is 13.6. The number of carbonyl (C=O) groups is 1. The summed E-state index contributed by atoms with van der Waals surface area (Å²) < 4.78 is 35.4. The van der Waals surface area contributed by atoms with Crippen LogP contribution < -0.4 is 0 Å². The fourth-order valence-electron chi connectivity index (χ4n) is 1.50. The summed E-state index contributed by atoms with van der Waals surface area (Å²) in [6, 6.07) is 5.49. The highest BCUT2D eigenvalue weighted by molar-refractivity contribution is 7.90. The summed E-state index contributed by atoms with van der Waals surface area (Å²) in [7, 11) is -3.26. The summed E-state index contributed by atoms with van der Waals surface area (Å²) in [6.07, 6.45) is 0.891. The molecule has 0 spiro atoms. The number of rotatable bonds is 5. The molecule has 1 N–H and O–H groups in total. The number of sulfone groups is 1. The molecule has 0 aliphatic carbocycles. The summed E-state index contributed by atoms with van der Waals surface area (Å²) >= 11 is 0. The van der Waals surface area contributed by atoms with E-state index in [4.69, 9.17) is 5.11 Å². The average molecular weight is 260 g/mol. The molecule has 0 aliphatic heterocycles. The third-order valence-corrected chi connectivity index (χ3v) is 3.33. The lowest BCUT2D eigenvalue weighted by Crippen LogP contribution is -2.17. The Balaban J connectivity index is 2.95. The van der Waals surface area contributed by atoms with Gasteiger partial charge < -0.3 is 5.11 Å². The van der Waals surface area contributed by atoms with E-state index in [1.165, 1.54) is 18.2 Å². The number of aliphatic carboxylic acids is 1. The molecule has 4 nitrogen and oxygen atoms in total. The highest BCUT2D eigenvalue weighted by atomic mass is 32.2. The summed E-state index contributed by atoms with van der Waals surface area (Å²) in [6.45, 7) is 0. The SMILES string of the molecule is CS(=O)(=O)CCC(C(=O)O)c1ccccc1F. The van der Waals surface area contributed by atoms with Crippen LogP contribution in [-0.2, 0) is 14.6 Å². The Labute approximate surface area is 99.0 Å². The maximum Gasteiger partial charge on any atom is 0.311 e. The van der Waals surface area contributed by atoms with Gasteiger partial charge in [0.25, 0.3) is 0 Å². The maximum absolute atomic E-state index is 13.4. The second-order valence-corrected chi connectivity index (χ2v) is 6.09. The molecule has 0 radical (unpaired) electrons. The van der Waals surface area contributed by atoms with Crippen molar-refractivity contribution >= 4 is 15.8 Å². The predicted molar refractivity (Wildman–Crippen MR) is 61.1 cm³/mol. The molecule has 1 rings (SSSR count). The minimum Gasteiger partial charge on any atom is -0.481 e. The molecule has 0 bridgehead atoms. The normalized spacial score (nSPS) is 13.3. The second kappa shape index (κ2) is 5.27. The van der Waals surface area contributed by atoms with Crippen molar-refractivity contribution in [2.24, 2.45) is 0 Å². The third kappa shape index (κ3) is 4.14. The van der Waals surface area contributed by atoms with Gasteiger partial charge in [0.2, 0.25) is 0 Å². The molecule has 1 atom stereocenters. The molecule has 1 aromatic carbocycles. The van der Waals surface area contributed by atoms with E-state index in [0.29, 0.717) is 0 Å². The Hall–Kier alpha value is -1.43. The minimum absolute atomic E-state index is 0.0173. The summed E-state index contributed by atoms with van der Waals surface area (Å²) in [5.74, 6) is -3.27. The van der Waals surface area contributed by atoms with Crippen LogP contribution in [0.15, 0.2) is 24.3 Å². The lowest BCUT2D eigenvalue weighted by atomic mass is 9.96. The van der Waals surface area contributed by atoms with Crippen molar-refractivity contribution in [1.82, 2.24) is 0 Å². The van der Waals surface area contributed by atoms with Gasteiger partial charge in [-0.05, 0) is 12.5 Å². The van der Waals surface area contributed by atoms with Crippen LogP contribution in [0.1, 0.15) is 17.9 Å². The number of carboxylic acid groups (broad SMARTS) is 1. The van der Waals surface area contributed by atoms with Gasteiger partial charge in [0.1, 0.15) is 15.7 Å². The molecule has 0 aromatic heterocycles. The number of hydrogen-bond acceptors (Lipinski definition) is 3. The van der Waals surface area contributed by atoms with E-state index in [-0.39, 0.29) is 17.7 Å². The minimum atomic E-state index is -3.26. The quantitative estimate of drug-likeness (QED) is 0.869. The zero-order valence-electron chi connectivity index (χ0n) is 9.26. The highest BCUT2D eigenvalue weighted by Crippen LogP contribution is 2.23. The van der Waals surface area contributed by atoms with Crippen LogP contribution in [-0.4, -0.2) is 31.5 Å². The molecule has 17 heavy (non-hydrogen) atoms. The van der Waals surface area contributed by atoms with Crippen molar-refractivity contribution in [3.05, 3.63) is 35.6 Å². The van der Waals surface area contributed by atoms with Gasteiger partial charge in [-0.15, -0.1) is 0 Å². The topological polar surface area (TPSA) is 71.4 Å². The summed E-state index contributed by atoms with van der Waals surface area (Å²) in [4.78, 5) is 11.0. The zero-order valence-corrected chi connectivity index (χ0v) is 10.1. The summed E-state index contributed by atoms with van der Waals surface area (Å²) in [5.41, 5.74) is 0.0173. The van der Waals surface area contributed by atoms with E-state index >= 15 is 0 Å². The third-order valence-electron chi connectivity index (χ3n) is 2.36. The van der Waals surface area contributed by atoms with Crippen molar-refractivity contribution < 1.29 is 22.7 Å². The average Bonchev–Trinajstić information content (AvgIpc) is 2.18. The molecule has 0 amide bonds. The van der Waals surface area contributed by atoms with Crippen LogP contribution in [0.4, 0.5) is 4.39 Å². The molecule has 0 heterocycles. The van der Waals surface area contributed by atoms with Crippen molar-refractivity contribution in [2.45, 2.75) is 12.3 Å². The molecular formula is C11H13FO4S. The monoisotopic (exact) mass is 260 g/mol. The number of hydrogen-bond donors (Lipinski definition) is 1. The Morgan fingerprint density at radius 3 is 2.47 bits per heavy atom. The molecule has 6 heteroatoms. The molecule has 0 aliphatic rings. The lowest BCUT2D eigenvalue weighted by molar-refractivity contribution is -0.138. The van der Waals surface area contributed by atoms with E-state index in [1.807, 2.05) is 0 Å². The van der Waals surface area contributed by atoms with Crippen LogP contribution in [0.3, 0.4) is 0 Å². The number of carboxylic acids is 1. The van der Waals surface area contributed by atoms with Crippen LogP contribution in [0.5, 0.6) is 0 Å². The number of benzene rings is 1. The fourth-order valence-corrected chi connectivity index (χ4v) is 2.17. The van der Waals surface area contributed by atoms with Gasteiger partial charge >= 0.3 is 5.97 Å². The zero-order chi connectivity index (χ0) is 13.1. The fraction of sp³-hybridized carbons (Fsp3) is 0.364. The maximum atomic E-state index is 13.4. The van der Waals surface area contributed by atoms with Crippen molar-refractivity contribution in [1.29, 1.82) is 0 Å². The van der Waals surface area contributed by atoms with E-state index in [2.05, 4.69) is 0 Å². The van der Waals surface area contributed by atoms with Gasteiger partial charge in [-0.2, -0.15) is 0 Å². The molecule has 1 unspecified atom stereocenters. The predicted octanol–water partition coefficient (Wildman–Crippen LogP) is 1.43. The van der Waals surface area contributed by atoms with Gasteiger partial charge in [-0.3, -0.25) is 4.79 Å². The Kier molecular flexibility index (Phi) is 4.22. The largest absolute Gasteiger partial charge is 0.481 e. The van der Waals surface area contributed by atoms with Gasteiger partial charge in [-0.25, -0.2) is 12.8 Å². The second-order valence-electron chi connectivity index (χ2n) is 3.83. The smallest absolute Gasteiger partial charge is 0.311 e.